The summed E-state index contributed by atoms with van der Waals surface area (Å²) in [4.78, 5) is 29.9. The molecule has 2 amide bonds. The number of anilines is 1. The summed E-state index contributed by atoms with van der Waals surface area (Å²) in [6.45, 7) is 7.51. The zero-order valence-electron chi connectivity index (χ0n) is 15.7. The Balaban J connectivity index is 1.78. The van der Waals surface area contributed by atoms with Crippen molar-refractivity contribution in [2.75, 3.05) is 25.1 Å². The number of hydrogen-bond acceptors (Lipinski definition) is 6. The minimum absolute atomic E-state index is 0.139. The van der Waals surface area contributed by atoms with E-state index in [0.29, 0.717) is 42.9 Å². The highest BCUT2D eigenvalue weighted by Gasteiger charge is 2.25. The number of rotatable bonds is 6. The van der Waals surface area contributed by atoms with Gasteiger partial charge in [-0.1, -0.05) is 0 Å². The summed E-state index contributed by atoms with van der Waals surface area (Å²) in [6, 6.07) is 3.98. The standard InChI is InChI=1S/C19H23N3O4S/c1-4-25-16-8-13-6-7-22(10-14(13)9-17(16)26-5-2)18(24)15-11-27-19(21-15)20-12(3)23/h8-9,11H,4-7,10H2,1-3H3,(H,20,21,23). The highest BCUT2D eigenvalue weighted by Crippen LogP contribution is 2.34. The Morgan fingerprint density at radius 1 is 1.19 bits per heavy atom. The quantitative estimate of drug-likeness (QED) is 0.821. The predicted molar refractivity (Wildman–Crippen MR) is 104 cm³/mol. The van der Waals surface area contributed by atoms with E-state index >= 15 is 0 Å². The van der Waals surface area contributed by atoms with Gasteiger partial charge >= 0.3 is 0 Å². The number of carbonyl (C=O) groups excluding carboxylic acids is 2. The first-order valence-corrected chi connectivity index (χ1v) is 9.83. The summed E-state index contributed by atoms with van der Waals surface area (Å²) in [5, 5.41) is 4.71. The number of nitrogens with zero attached hydrogens (tertiary/aromatic N) is 2. The van der Waals surface area contributed by atoms with E-state index in [1.165, 1.54) is 23.8 Å². The molecule has 0 aliphatic carbocycles. The first-order valence-electron chi connectivity index (χ1n) is 8.95. The van der Waals surface area contributed by atoms with E-state index in [1.54, 1.807) is 10.3 Å². The van der Waals surface area contributed by atoms with Gasteiger partial charge in [-0.2, -0.15) is 0 Å². The molecule has 8 heteroatoms. The molecule has 1 N–H and O–H groups in total. The zero-order chi connectivity index (χ0) is 19.4. The molecule has 0 atom stereocenters. The van der Waals surface area contributed by atoms with Crippen LogP contribution in [-0.4, -0.2) is 41.5 Å². The third kappa shape index (κ3) is 4.39. The lowest BCUT2D eigenvalue weighted by atomic mass is 9.98. The normalized spacial score (nSPS) is 13.1. The summed E-state index contributed by atoms with van der Waals surface area (Å²) in [7, 11) is 0. The second-order valence-corrected chi connectivity index (χ2v) is 6.99. The van der Waals surface area contributed by atoms with Crippen LogP contribution in [0.1, 0.15) is 42.4 Å². The lowest BCUT2D eigenvalue weighted by Crippen LogP contribution is -2.36. The van der Waals surface area contributed by atoms with Crippen molar-refractivity contribution in [3.63, 3.8) is 0 Å². The number of amides is 2. The predicted octanol–water partition coefficient (Wildman–Crippen LogP) is 3.10. The first kappa shape index (κ1) is 19.2. The summed E-state index contributed by atoms with van der Waals surface area (Å²) in [6.07, 6.45) is 0.746. The average molecular weight is 389 g/mol. The van der Waals surface area contributed by atoms with Crippen molar-refractivity contribution in [1.82, 2.24) is 9.88 Å². The van der Waals surface area contributed by atoms with Crippen molar-refractivity contribution in [3.8, 4) is 11.5 Å². The molecular formula is C19H23N3O4S. The van der Waals surface area contributed by atoms with Crippen LogP contribution in [0.15, 0.2) is 17.5 Å². The van der Waals surface area contributed by atoms with Crippen LogP contribution in [0.5, 0.6) is 11.5 Å². The second kappa shape index (κ2) is 8.39. The van der Waals surface area contributed by atoms with Crippen molar-refractivity contribution in [3.05, 3.63) is 34.3 Å². The molecule has 7 nitrogen and oxygen atoms in total. The summed E-state index contributed by atoms with van der Waals surface area (Å²) < 4.78 is 11.4. The molecular weight excluding hydrogens is 366 g/mol. The molecule has 144 valence electrons. The Bertz CT molecular complexity index is 849. The third-order valence-corrected chi connectivity index (χ3v) is 4.93. The monoisotopic (exact) mass is 389 g/mol. The van der Waals surface area contributed by atoms with Crippen molar-refractivity contribution in [2.45, 2.75) is 33.7 Å². The topological polar surface area (TPSA) is 80.8 Å². The summed E-state index contributed by atoms with van der Waals surface area (Å²) in [5.41, 5.74) is 2.57. The van der Waals surface area contributed by atoms with Crippen LogP contribution in [0.2, 0.25) is 0 Å². The fourth-order valence-electron chi connectivity index (χ4n) is 3.02. The first-order chi connectivity index (χ1) is 13.0. The molecule has 3 rings (SSSR count). The minimum atomic E-state index is -0.205. The number of fused-ring (bicyclic) bond motifs is 1. The maximum atomic E-state index is 12.8. The van der Waals surface area contributed by atoms with Crippen LogP contribution in [0.4, 0.5) is 5.13 Å². The number of carbonyl (C=O) groups is 2. The molecule has 1 aromatic carbocycles. The molecule has 2 aromatic rings. The largest absolute Gasteiger partial charge is 0.490 e. The number of thiazole rings is 1. The van der Waals surface area contributed by atoms with E-state index in [-0.39, 0.29) is 11.8 Å². The highest BCUT2D eigenvalue weighted by molar-refractivity contribution is 7.14. The van der Waals surface area contributed by atoms with Crippen molar-refractivity contribution < 1.29 is 19.1 Å². The van der Waals surface area contributed by atoms with Gasteiger partial charge in [0.25, 0.3) is 5.91 Å². The van der Waals surface area contributed by atoms with Crippen molar-refractivity contribution >= 4 is 28.3 Å². The van der Waals surface area contributed by atoms with Gasteiger partial charge in [0.05, 0.1) is 13.2 Å². The smallest absolute Gasteiger partial charge is 0.273 e. The second-order valence-electron chi connectivity index (χ2n) is 6.13. The van der Waals surface area contributed by atoms with Gasteiger partial charge in [-0.3, -0.25) is 9.59 Å². The molecule has 0 saturated carbocycles. The minimum Gasteiger partial charge on any atom is -0.490 e. The number of ether oxygens (including phenoxy) is 2. The maximum absolute atomic E-state index is 12.8. The Hall–Kier alpha value is -2.61. The van der Waals surface area contributed by atoms with Gasteiger partial charge in [-0.25, -0.2) is 4.98 Å². The Labute approximate surface area is 162 Å². The molecule has 2 heterocycles. The van der Waals surface area contributed by atoms with Crippen LogP contribution in [0, 0.1) is 0 Å². The Morgan fingerprint density at radius 2 is 1.85 bits per heavy atom. The van der Waals surface area contributed by atoms with Gasteiger partial charge in [0, 0.05) is 25.4 Å². The average Bonchev–Trinajstić information content (AvgIpc) is 3.09. The molecule has 0 spiro atoms. The SMILES string of the molecule is CCOc1cc2c(cc1OCC)CN(C(=O)c1csc(NC(C)=O)n1)CC2. The number of nitrogens with one attached hydrogen (secondary N) is 1. The van der Waals surface area contributed by atoms with Gasteiger partial charge in [0.2, 0.25) is 5.91 Å². The van der Waals surface area contributed by atoms with E-state index < -0.39 is 0 Å². The van der Waals surface area contributed by atoms with Gasteiger partial charge in [-0.15, -0.1) is 11.3 Å². The Kier molecular flexibility index (Phi) is 5.95. The fraction of sp³-hybridized carbons (Fsp3) is 0.421. The van der Waals surface area contributed by atoms with E-state index in [4.69, 9.17) is 9.47 Å². The lowest BCUT2D eigenvalue weighted by molar-refractivity contribution is -0.114. The molecule has 0 bridgehead atoms. The van der Waals surface area contributed by atoms with E-state index in [2.05, 4.69) is 10.3 Å². The molecule has 0 radical (unpaired) electrons. The van der Waals surface area contributed by atoms with Crippen molar-refractivity contribution in [2.24, 2.45) is 0 Å². The third-order valence-electron chi connectivity index (χ3n) is 4.17. The lowest BCUT2D eigenvalue weighted by Gasteiger charge is -2.29. The number of hydrogen-bond donors (Lipinski definition) is 1. The van der Waals surface area contributed by atoms with Crippen LogP contribution < -0.4 is 14.8 Å². The summed E-state index contributed by atoms with van der Waals surface area (Å²) >= 11 is 1.25. The fourth-order valence-corrected chi connectivity index (χ4v) is 3.75. The molecule has 1 aromatic heterocycles. The number of aromatic nitrogens is 1. The maximum Gasteiger partial charge on any atom is 0.273 e. The van der Waals surface area contributed by atoms with Crippen molar-refractivity contribution in [1.29, 1.82) is 0 Å². The van der Waals surface area contributed by atoms with Crippen LogP contribution in [0.25, 0.3) is 0 Å². The van der Waals surface area contributed by atoms with Gasteiger partial charge in [0.1, 0.15) is 5.69 Å². The molecule has 1 aliphatic heterocycles. The molecule has 1 aliphatic rings. The van der Waals surface area contributed by atoms with Gasteiger partial charge < -0.3 is 19.7 Å². The molecule has 0 unspecified atom stereocenters. The van der Waals surface area contributed by atoms with E-state index in [0.717, 1.165) is 17.7 Å². The van der Waals surface area contributed by atoms with E-state index in [1.807, 2.05) is 26.0 Å². The number of benzene rings is 1. The Morgan fingerprint density at radius 3 is 2.48 bits per heavy atom. The zero-order valence-corrected chi connectivity index (χ0v) is 16.5. The van der Waals surface area contributed by atoms with Gasteiger partial charge in [-0.05, 0) is 43.5 Å². The molecule has 0 saturated heterocycles. The van der Waals surface area contributed by atoms with Crippen LogP contribution in [-0.2, 0) is 17.8 Å². The molecule has 27 heavy (non-hydrogen) atoms. The summed E-state index contributed by atoms with van der Waals surface area (Å²) in [5.74, 6) is 1.11. The van der Waals surface area contributed by atoms with E-state index in [9.17, 15) is 9.59 Å². The highest BCUT2D eigenvalue weighted by atomic mass is 32.1. The van der Waals surface area contributed by atoms with Crippen LogP contribution >= 0.6 is 11.3 Å². The van der Waals surface area contributed by atoms with Crippen LogP contribution in [0.3, 0.4) is 0 Å². The molecule has 0 fully saturated rings. The van der Waals surface area contributed by atoms with Gasteiger partial charge in [0.15, 0.2) is 16.6 Å².